The lowest BCUT2D eigenvalue weighted by Crippen LogP contribution is -2.17. The molecule has 0 atom stereocenters. The van der Waals surface area contributed by atoms with E-state index >= 15 is 0 Å². The number of carbonyl (C=O) groups is 1. The summed E-state index contributed by atoms with van der Waals surface area (Å²) in [6, 6.07) is 14.6. The standard InChI is InChI=1S/C25H26N4O4/c1-14(2)22-26-20-21(23(30)27-28-24(20)33-15(3)4)29(22)13-16-9-11-17(12-10-16)18-7-5-6-8-19(18)25(31)32/h5-12,14-15H,13H2,1-4H3,(H,27,30)(H,31,32). The van der Waals surface area contributed by atoms with E-state index in [1.165, 1.54) is 0 Å². The Morgan fingerprint density at radius 1 is 1.09 bits per heavy atom. The quantitative estimate of drug-likeness (QED) is 0.434. The van der Waals surface area contributed by atoms with Gasteiger partial charge in [0.05, 0.1) is 11.7 Å². The molecule has 0 aliphatic rings. The summed E-state index contributed by atoms with van der Waals surface area (Å²) in [4.78, 5) is 29.0. The van der Waals surface area contributed by atoms with Crippen LogP contribution in [0, 0.1) is 0 Å². The summed E-state index contributed by atoms with van der Waals surface area (Å²) >= 11 is 0. The lowest BCUT2D eigenvalue weighted by Gasteiger charge is -2.12. The van der Waals surface area contributed by atoms with Crippen LogP contribution in [-0.4, -0.2) is 36.9 Å². The van der Waals surface area contributed by atoms with Crippen molar-refractivity contribution < 1.29 is 14.6 Å². The molecule has 0 saturated heterocycles. The molecule has 0 spiro atoms. The average Bonchev–Trinajstić information content (AvgIpc) is 3.16. The number of carboxylic acid groups (broad SMARTS) is 1. The minimum atomic E-state index is -0.964. The number of fused-ring (bicyclic) bond motifs is 1. The Morgan fingerprint density at radius 2 is 1.79 bits per heavy atom. The number of aromatic amines is 1. The lowest BCUT2D eigenvalue weighted by molar-refractivity contribution is 0.0697. The summed E-state index contributed by atoms with van der Waals surface area (Å²) < 4.78 is 7.67. The first-order chi connectivity index (χ1) is 15.8. The van der Waals surface area contributed by atoms with Gasteiger partial charge in [-0.15, -0.1) is 5.10 Å². The van der Waals surface area contributed by atoms with Crippen molar-refractivity contribution in [2.24, 2.45) is 0 Å². The highest BCUT2D eigenvalue weighted by molar-refractivity contribution is 5.96. The molecule has 2 aromatic heterocycles. The number of aromatic carboxylic acids is 1. The fourth-order valence-corrected chi connectivity index (χ4v) is 3.86. The van der Waals surface area contributed by atoms with Gasteiger partial charge < -0.3 is 14.4 Å². The molecule has 8 nitrogen and oxygen atoms in total. The van der Waals surface area contributed by atoms with Gasteiger partial charge in [0.1, 0.15) is 11.3 Å². The van der Waals surface area contributed by atoms with Crippen molar-refractivity contribution in [1.29, 1.82) is 0 Å². The zero-order chi connectivity index (χ0) is 23.7. The number of nitrogens with zero attached hydrogens (tertiary/aromatic N) is 3. The van der Waals surface area contributed by atoms with Gasteiger partial charge in [-0.2, -0.15) is 0 Å². The van der Waals surface area contributed by atoms with Crippen molar-refractivity contribution >= 4 is 17.0 Å². The number of rotatable bonds is 7. The number of benzene rings is 2. The molecule has 0 fully saturated rings. The van der Waals surface area contributed by atoms with Crippen LogP contribution in [0.15, 0.2) is 53.3 Å². The number of hydrogen-bond donors (Lipinski definition) is 2. The Kier molecular flexibility index (Phi) is 6.00. The van der Waals surface area contributed by atoms with Gasteiger partial charge in [-0.05, 0) is 36.6 Å². The van der Waals surface area contributed by atoms with Crippen LogP contribution in [0.3, 0.4) is 0 Å². The van der Waals surface area contributed by atoms with Crippen LogP contribution in [-0.2, 0) is 6.54 Å². The number of aromatic nitrogens is 4. The summed E-state index contributed by atoms with van der Waals surface area (Å²) in [7, 11) is 0. The van der Waals surface area contributed by atoms with Crippen LogP contribution in [0.25, 0.3) is 22.2 Å². The molecule has 4 rings (SSSR count). The van der Waals surface area contributed by atoms with Crippen molar-refractivity contribution in [1.82, 2.24) is 19.7 Å². The predicted molar refractivity (Wildman–Crippen MR) is 126 cm³/mol. The monoisotopic (exact) mass is 446 g/mol. The van der Waals surface area contributed by atoms with Gasteiger partial charge in [-0.25, -0.2) is 14.9 Å². The zero-order valence-corrected chi connectivity index (χ0v) is 19.0. The van der Waals surface area contributed by atoms with Crippen molar-refractivity contribution in [3.8, 4) is 17.0 Å². The first-order valence-electron chi connectivity index (χ1n) is 10.8. The first-order valence-corrected chi connectivity index (χ1v) is 10.8. The molecule has 0 bridgehead atoms. The molecule has 2 aromatic carbocycles. The summed E-state index contributed by atoms with van der Waals surface area (Å²) in [5.74, 6) is 0.178. The zero-order valence-electron chi connectivity index (χ0n) is 19.0. The molecule has 0 unspecified atom stereocenters. The van der Waals surface area contributed by atoms with Gasteiger partial charge in [-0.3, -0.25) is 4.79 Å². The van der Waals surface area contributed by atoms with E-state index in [4.69, 9.17) is 9.72 Å². The molecular formula is C25H26N4O4. The molecular weight excluding hydrogens is 420 g/mol. The number of ether oxygens (including phenoxy) is 1. The summed E-state index contributed by atoms with van der Waals surface area (Å²) in [6.45, 7) is 8.26. The summed E-state index contributed by atoms with van der Waals surface area (Å²) in [5.41, 5.74) is 3.22. The van der Waals surface area contributed by atoms with E-state index < -0.39 is 5.97 Å². The van der Waals surface area contributed by atoms with E-state index in [-0.39, 0.29) is 23.1 Å². The number of H-pyrrole nitrogens is 1. The third-order valence-electron chi connectivity index (χ3n) is 5.30. The van der Waals surface area contributed by atoms with Crippen LogP contribution >= 0.6 is 0 Å². The minimum absolute atomic E-state index is 0.0745. The second-order valence-corrected chi connectivity index (χ2v) is 8.48. The van der Waals surface area contributed by atoms with E-state index in [2.05, 4.69) is 10.2 Å². The van der Waals surface area contributed by atoms with Gasteiger partial charge in [-0.1, -0.05) is 56.3 Å². The van der Waals surface area contributed by atoms with Gasteiger partial charge in [0.25, 0.3) is 11.4 Å². The maximum Gasteiger partial charge on any atom is 0.336 e. The summed E-state index contributed by atoms with van der Waals surface area (Å²) in [6.07, 6.45) is -0.111. The maximum absolute atomic E-state index is 12.7. The average molecular weight is 447 g/mol. The van der Waals surface area contributed by atoms with Crippen molar-refractivity contribution in [3.63, 3.8) is 0 Å². The molecule has 33 heavy (non-hydrogen) atoms. The van der Waals surface area contributed by atoms with E-state index in [0.717, 1.165) is 17.0 Å². The van der Waals surface area contributed by atoms with Crippen molar-refractivity contribution in [3.05, 3.63) is 75.8 Å². The van der Waals surface area contributed by atoms with Crippen molar-refractivity contribution in [2.45, 2.75) is 46.3 Å². The Hall–Kier alpha value is -3.94. The number of nitrogens with one attached hydrogen (secondary N) is 1. The van der Waals surface area contributed by atoms with Gasteiger partial charge >= 0.3 is 5.97 Å². The minimum Gasteiger partial charge on any atom is -0.478 e. The highest BCUT2D eigenvalue weighted by atomic mass is 16.5. The third kappa shape index (κ3) is 4.37. The molecule has 2 N–H and O–H groups in total. The molecule has 2 heterocycles. The van der Waals surface area contributed by atoms with Crippen LogP contribution in [0.5, 0.6) is 5.88 Å². The van der Waals surface area contributed by atoms with E-state index in [1.807, 2.05) is 62.6 Å². The molecule has 8 heteroatoms. The van der Waals surface area contributed by atoms with Crippen molar-refractivity contribution in [2.75, 3.05) is 0 Å². The van der Waals surface area contributed by atoms with Gasteiger partial charge in [0.15, 0.2) is 5.52 Å². The van der Waals surface area contributed by atoms with Crippen LogP contribution in [0.4, 0.5) is 0 Å². The Morgan fingerprint density at radius 3 is 2.42 bits per heavy atom. The number of carboxylic acids is 1. The maximum atomic E-state index is 12.7. The smallest absolute Gasteiger partial charge is 0.336 e. The van der Waals surface area contributed by atoms with E-state index in [1.54, 1.807) is 18.2 Å². The summed E-state index contributed by atoms with van der Waals surface area (Å²) in [5, 5.41) is 16.1. The number of imidazole rings is 1. The second kappa shape index (κ2) is 8.90. The SMILES string of the molecule is CC(C)Oc1n[nH]c(=O)c2c1nc(C(C)C)n2Cc1ccc(-c2ccccc2C(=O)O)cc1. The fraction of sp³-hybridized carbons (Fsp3) is 0.280. The van der Waals surface area contributed by atoms with Crippen LogP contribution in [0.1, 0.15) is 55.4 Å². The normalized spacial score (nSPS) is 11.5. The molecule has 4 aromatic rings. The fourth-order valence-electron chi connectivity index (χ4n) is 3.86. The van der Waals surface area contributed by atoms with Crippen LogP contribution < -0.4 is 10.3 Å². The number of hydrogen-bond acceptors (Lipinski definition) is 5. The van der Waals surface area contributed by atoms with E-state index in [0.29, 0.717) is 29.0 Å². The first kappa shape index (κ1) is 22.3. The van der Waals surface area contributed by atoms with Gasteiger partial charge in [0.2, 0.25) is 0 Å². The van der Waals surface area contributed by atoms with Crippen LogP contribution in [0.2, 0.25) is 0 Å². The van der Waals surface area contributed by atoms with Gasteiger partial charge in [0, 0.05) is 12.5 Å². The highest BCUT2D eigenvalue weighted by Gasteiger charge is 2.21. The predicted octanol–water partition coefficient (Wildman–Crippen LogP) is 4.44. The lowest BCUT2D eigenvalue weighted by atomic mass is 9.98. The topological polar surface area (TPSA) is 110 Å². The highest BCUT2D eigenvalue weighted by Crippen LogP contribution is 2.28. The Balaban J connectivity index is 1.76. The molecule has 0 saturated carbocycles. The Bertz CT molecular complexity index is 1370. The molecule has 0 aliphatic heterocycles. The second-order valence-electron chi connectivity index (χ2n) is 8.48. The Labute approximate surface area is 190 Å². The largest absolute Gasteiger partial charge is 0.478 e. The molecule has 0 radical (unpaired) electrons. The van der Waals surface area contributed by atoms with E-state index in [9.17, 15) is 14.7 Å². The molecule has 170 valence electrons. The molecule has 0 aliphatic carbocycles. The third-order valence-corrected chi connectivity index (χ3v) is 5.30. The molecule has 0 amide bonds.